The molecule has 84 valence electrons. The van der Waals surface area contributed by atoms with Gasteiger partial charge in [-0.1, -0.05) is 0 Å². The van der Waals surface area contributed by atoms with Crippen LogP contribution in [0.15, 0.2) is 22.4 Å². The monoisotopic (exact) mass is 235 g/mol. The van der Waals surface area contributed by atoms with Crippen LogP contribution in [0, 0.1) is 13.8 Å². The number of hydrogen-bond acceptors (Lipinski definition) is 5. The van der Waals surface area contributed by atoms with Crippen molar-refractivity contribution in [2.75, 3.05) is 5.73 Å². The number of aryl methyl sites for hydroxylation is 2. The SMILES string of the molecule is Cc1cc(Sc2nnc(C)n2C)ncc1N. The summed E-state index contributed by atoms with van der Waals surface area (Å²) in [7, 11) is 1.93. The van der Waals surface area contributed by atoms with E-state index in [9.17, 15) is 0 Å². The first-order valence-electron chi connectivity index (χ1n) is 4.84. The third-order valence-electron chi connectivity index (χ3n) is 2.37. The summed E-state index contributed by atoms with van der Waals surface area (Å²) in [5.41, 5.74) is 7.44. The average molecular weight is 235 g/mol. The Morgan fingerprint density at radius 3 is 2.62 bits per heavy atom. The van der Waals surface area contributed by atoms with E-state index in [4.69, 9.17) is 5.73 Å². The van der Waals surface area contributed by atoms with Gasteiger partial charge in [0.15, 0.2) is 5.16 Å². The van der Waals surface area contributed by atoms with Crippen LogP contribution in [-0.4, -0.2) is 19.7 Å². The van der Waals surface area contributed by atoms with Crippen LogP contribution in [-0.2, 0) is 7.05 Å². The first-order valence-corrected chi connectivity index (χ1v) is 5.65. The molecular weight excluding hydrogens is 222 g/mol. The zero-order valence-electron chi connectivity index (χ0n) is 9.43. The molecule has 6 heteroatoms. The van der Waals surface area contributed by atoms with E-state index in [2.05, 4.69) is 15.2 Å². The normalized spacial score (nSPS) is 10.7. The van der Waals surface area contributed by atoms with Gasteiger partial charge in [-0.3, -0.25) is 0 Å². The Hall–Kier alpha value is -1.56. The molecule has 2 N–H and O–H groups in total. The van der Waals surface area contributed by atoms with Gasteiger partial charge in [-0.25, -0.2) is 4.98 Å². The molecule has 2 aromatic rings. The van der Waals surface area contributed by atoms with Crippen molar-refractivity contribution in [2.45, 2.75) is 24.0 Å². The van der Waals surface area contributed by atoms with Crippen LogP contribution in [0.1, 0.15) is 11.4 Å². The summed E-state index contributed by atoms with van der Waals surface area (Å²) < 4.78 is 1.93. The first kappa shape index (κ1) is 10.9. The van der Waals surface area contributed by atoms with Crippen LogP contribution in [0.4, 0.5) is 5.69 Å². The minimum absolute atomic E-state index is 0.707. The summed E-state index contributed by atoms with van der Waals surface area (Å²) >= 11 is 1.48. The van der Waals surface area contributed by atoms with Gasteiger partial charge in [-0.05, 0) is 37.2 Å². The molecule has 0 unspecified atom stereocenters. The molecule has 16 heavy (non-hydrogen) atoms. The predicted octanol–water partition coefficient (Wildman–Crippen LogP) is 1.56. The van der Waals surface area contributed by atoms with Gasteiger partial charge in [0.25, 0.3) is 0 Å². The first-order chi connectivity index (χ1) is 7.58. The van der Waals surface area contributed by atoms with Gasteiger partial charge in [-0.2, -0.15) is 0 Å². The van der Waals surface area contributed by atoms with Crippen molar-refractivity contribution in [2.24, 2.45) is 7.05 Å². The van der Waals surface area contributed by atoms with Gasteiger partial charge in [0.1, 0.15) is 10.9 Å². The lowest BCUT2D eigenvalue weighted by Crippen LogP contribution is -1.95. The van der Waals surface area contributed by atoms with Crippen LogP contribution >= 0.6 is 11.8 Å². The number of rotatable bonds is 2. The van der Waals surface area contributed by atoms with E-state index >= 15 is 0 Å². The second-order valence-corrected chi connectivity index (χ2v) is 4.56. The van der Waals surface area contributed by atoms with Gasteiger partial charge in [0.2, 0.25) is 0 Å². The van der Waals surface area contributed by atoms with Gasteiger partial charge in [0, 0.05) is 7.05 Å². The van der Waals surface area contributed by atoms with Crippen LogP contribution in [0.3, 0.4) is 0 Å². The molecule has 5 nitrogen and oxygen atoms in total. The molecule has 0 aliphatic heterocycles. The Morgan fingerprint density at radius 1 is 1.31 bits per heavy atom. The molecule has 0 aliphatic rings. The summed E-state index contributed by atoms with van der Waals surface area (Å²) in [6.45, 7) is 3.88. The third kappa shape index (κ3) is 2.01. The molecular formula is C10H13N5S. The van der Waals surface area contributed by atoms with Crippen LogP contribution in [0.5, 0.6) is 0 Å². The van der Waals surface area contributed by atoms with Crippen molar-refractivity contribution in [3.63, 3.8) is 0 Å². The zero-order chi connectivity index (χ0) is 11.7. The van der Waals surface area contributed by atoms with Gasteiger partial charge < -0.3 is 10.3 Å². The fourth-order valence-electron chi connectivity index (χ4n) is 1.17. The Labute approximate surface area is 98.1 Å². The van der Waals surface area contributed by atoms with Gasteiger partial charge in [-0.15, -0.1) is 10.2 Å². The standard InChI is InChI=1S/C10H13N5S/c1-6-4-9(12-5-8(6)11)16-10-14-13-7(2)15(10)3/h4-5H,11H2,1-3H3. The van der Waals surface area contributed by atoms with Gasteiger partial charge in [0.05, 0.1) is 11.9 Å². The third-order valence-corrected chi connectivity index (χ3v) is 3.35. The van der Waals surface area contributed by atoms with E-state index in [-0.39, 0.29) is 0 Å². The maximum Gasteiger partial charge on any atom is 0.197 e. The zero-order valence-corrected chi connectivity index (χ0v) is 10.2. The van der Waals surface area contributed by atoms with Crippen molar-refractivity contribution in [3.05, 3.63) is 23.7 Å². The summed E-state index contributed by atoms with van der Waals surface area (Å²) in [6.07, 6.45) is 1.67. The summed E-state index contributed by atoms with van der Waals surface area (Å²) in [4.78, 5) is 4.24. The van der Waals surface area contributed by atoms with E-state index in [0.29, 0.717) is 5.69 Å². The van der Waals surface area contributed by atoms with E-state index in [1.807, 2.05) is 31.5 Å². The molecule has 0 bridgehead atoms. The molecule has 0 saturated carbocycles. The van der Waals surface area contributed by atoms with Gasteiger partial charge >= 0.3 is 0 Å². The van der Waals surface area contributed by atoms with Crippen molar-refractivity contribution in [3.8, 4) is 0 Å². The van der Waals surface area contributed by atoms with Crippen molar-refractivity contribution < 1.29 is 0 Å². The number of nitrogens with two attached hydrogens (primary N) is 1. The lowest BCUT2D eigenvalue weighted by molar-refractivity contribution is 0.764. The number of aromatic nitrogens is 4. The molecule has 0 saturated heterocycles. The number of pyridine rings is 1. The van der Waals surface area contributed by atoms with E-state index in [1.165, 1.54) is 11.8 Å². The van der Waals surface area contributed by atoms with E-state index in [0.717, 1.165) is 21.6 Å². The Bertz CT molecular complexity index is 520. The van der Waals surface area contributed by atoms with Crippen LogP contribution in [0.2, 0.25) is 0 Å². The summed E-state index contributed by atoms with van der Waals surface area (Å²) in [5, 5.41) is 9.76. The second kappa shape index (κ2) is 4.13. The molecule has 0 spiro atoms. The lowest BCUT2D eigenvalue weighted by atomic mass is 10.3. The van der Waals surface area contributed by atoms with Crippen LogP contribution < -0.4 is 5.73 Å². The Kier molecular flexibility index (Phi) is 2.82. The highest BCUT2D eigenvalue weighted by Crippen LogP contribution is 2.25. The topological polar surface area (TPSA) is 69.6 Å². The summed E-state index contributed by atoms with van der Waals surface area (Å²) in [6, 6.07) is 1.95. The fraction of sp³-hybridized carbons (Fsp3) is 0.300. The lowest BCUT2D eigenvalue weighted by Gasteiger charge is -2.03. The van der Waals surface area contributed by atoms with Crippen LogP contribution in [0.25, 0.3) is 0 Å². The number of nitrogens with zero attached hydrogens (tertiary/aromatic N) is 4. The number of hydrogen-bond donors (Lipinski definition) is 1. The molecule has 0 fully saturated rings. The predicted molar refractivity (Wildman–Crippen MR) is 63.2 cm³/mol. The van der Waals surface area contributed by atoms with Crippen molar-refractivity contribution in [1.82, 2.24) is 19.7 Å². The second-order valence-electron chi connectivity index (χ2n) is 3.57. The molecule has 0 amide bonds. The molecule has 0 atom stereocenters. The maximum absolute atomic E-state index is 5.71. The molecule has 2 aromatic heterocycles. The molecule has 0 radical (unpaired) electrons. The number of nitrogen functional groups attached to an aromatic ring is 1. The average Bonchev–Trinajstić information content (AvgIpc) is 2.55. The summed E-state index contributed by atoms with van der Waals surface area (Å²) in [5.74, 6) is 0.884. The molecule has 2 rings (SSSR count). The highest BCUT2D eigenvalue weighted by molar-refractivity contribution is 7.99. The van der Waals surface area contributed by atoms with E-state index in [1.54, 1.807) is 6.20 Å². The molecule has 0 aromatic carbocycles. The molecule has 2 heterocycles. The minimum atomic E-state index is 0.707. The quantitative estimate of drug-likeness (QED) is 0.855. The van der Waals surface area contributed by atoms with Crippen molar-refractivity contribution in [1.29, 1.82) is 0 Å². The largest absolute Gasteiger partial charge is 0.397 e. The fourth-order valence-corrected chi connectivity index (χ4v) is 2.05. The highest BCUT2D eigenvalue weighted by Gasteiger charge is 2.08. The molecule has 0 aliphatic carbocycles. The maximum atomic E-state index is 5.71. The smallest absolute Gasteiger partial charge is 0.197 e. The van der Waals surface area contributed by atoms with Crippen molar-refractivity contribution >= 4 is 17.4 Å². The van der Waals surface area contributed by atoms with E-state index < -0.39 is 0 Å². The number of anilines is 1. The Morgan fingerprint density at radius 2 is 2.06 bits per heavy atom. The highest BCUT2D eigenvalue weighted by atomic mass is 32.2. The minimum Gasteiger partial charge on any atom is -0.397 e. The Balaban J connectivity index is 2.27.